The van der Waals surface area contributed by atoms with Gasteiger partial charge in [-0.1, -0.05) is 22.9 Å². The molecule has 0 aliphatic carbocycles. The van der Waals surface area contributed by atoms with E-state index < -0.39 is 17.7 Å². The standard InChI is InChI=1S/C14H15BrF3NO2/c1-8-6-19(7-10(8)13(20)21-2)12-4-3-9(15)5-11(12)14(16,17)18/h3-5,8,10H,6-7H2,1-2H3. The molecule has 1 aliphatic rings. The Morgan fingerprint density at radius 2 is 2.05 bits per heavy atom. The Balaban J connectivity index is 2.34. The molecule has 1 aromatic carbocycles. The molecular formula is C14H15BrF3NO2. The van der Waals surface area contributed by atoms with Crippen molar-refractivity contribution in [3.05, 3.63) is 28.2 Å². The molecule has 116 valence electrons. The minimum absolute atomic E-state index is 0.0535. The first-order valence-corrected chi connectivity index (χ1v) is 7.23. The first-order chi connectivity index (χ1) is 9.74. The molecule has 1 aliphatic heterocycles. The summed E-state index contributed by atoms with van der Waals surface area (Å²) in [6.07, 6.45) is -4.44. The molecule has 1 aromatic rings. The number of carbonyl (C=O) groups is 1. The fourth-order valence-electron chi connectivity index (χ4n) is 2.63. The van der Waals surface area contributed by atoms with Crippen LogP contribution in [0.15, 0.2) is 22.7 Å². The number of hydrogen-bond acceptors (Lipinski definition) is 3. The highest BCUT2D eigenvalue weighted by Gasteiger charge is 2.40. The summed E-state index contributed by atoms with van der Waals surface area (Å²) in [5, 5.41) is 0. The monoisotopic (exact) mass is 365 g/mol. The van der Waals surface area contributed by atoms with E-state index >= 15 is 0 Å². The van der Waals surface area contributed by atoms with Crippen LogP contribution in [0.1, 0.15) is 12.5 Å². The van der Waals surface area contributed by atoms with Crippen molar-refractivity contribution in [2.45, 2.75) is 13.1 Å². The molecule has 1 fully saturated rings. The molecule has 2 unspecified atom stereocenters. The van der Waals surface area contributed by atoms with Crippen molar-refractivity contribution in [1.29, 1.82) is 0 Å². The molecule has 7 heteroatoms. The maximum absolute atomic E-state index is 13.2. The number of alkyl halides is 3. The predicted octanol–water partition coefficient (Wildman–Crippen LogP) is 3.71. The third kappa shape index (κ3) is 3.33. The largest absolute Gasteiger partial charge is 0.469 e. The number of carbonyl (C=O) groups excluding carboxylic acids is 1. The van der Waals surface area contributed by atoms with Crippen molar-refractivity contribution in [1.82, 2.24) is 0 Å². The minimum Gasteiger partial charge on any atom is -0.469 e. The van der Waals surface area contributed by atoms with Crippen LogP contribution in [0.25, 0.3) is 0 Å². The zero-order valence-corrected chi connectivity index (χ0v) is 13.2. The van der Waals surface area contributed by atoms with Crippen molar-refractivity contribution in [3.8, 4) is 0 Å². The van der Waals surface area contributed by atoms with Crippen LogP contribution in [0.2, 0.25) is 0 Å². The van der Waals surface area contributed by atoms with Crippen LogP contribution in [0, 0.1) is 11.8 Å². The number of hydrogen-bond donors (Lipinski definition) is 0. The molecule has 0 spiro atoms. The van der Waals surface area contributed by atoms with Gasteiger partial charge in [-0.2, -0.15) is 13.2 Å². The summed E-state index contributed by atoms with van der Waals surface area (Å²) >= 11 is 3.06. The second-order valence-corrected chi connectivity index (χ2v) is 6.09. The van der Waals surface area contributed by atoms with Gasteiger partial charge < -0.3 is 9.64 Å². The first-order valence-electron chi connectivity index (χ1n) is 6.43. The molecule has 0 amide bonds. The molecule has 3 nitrogen and oxygen atoms in total. The van der Waals surface area contributed by atoms with Crippen molar-refractivity contribution in [2.75, 3.05) is 25.1 Å². The Hall–Kier alpha value is -1.24. The van der Waals surface area contributed by atoms with Crippen LogP contribution in [-0.4, -0.2) is 26.2 Å². The molecule has 1 saturated heterocycles. The van der Waals surface area contributed by atoms with Gasteiger partial charge in [-0.25, -0.2) is 0 Å². The molecule has 0 aromatic heterocycles. The molecule has 0 N–H and O–H groups in total. The maximum Gasteiger partial charge on any atom is 0.418 e. The van der Waals surface area contributed by atoms with Crippen LogP contribution in [0.3, 0.4) is 0 Å². The van der Waals surface area contributed by atoms with E-state index in [1.807, 2.05) is 6.92 Å². The van der Waals surface area contributed by atoms with Crippen LogP contribution >= 0.6 is 15.9 Å². The fourth-order valence-corrected chi connectivity index (χ4v) is 2.99. The van der Waals surface area contributed by atoms with E-state index in [9.17, 15) is 18.0 Å². The highest BCUT2D eigenvalue weighted by molar-refractivity contribution is 9.10. The summed E-state index contributed by atoms with van der Waals surface area (Å²) in [4.78, 5) is 13.3. The van der Waals surface area contributed by atoms with Gasteiger partial charge in [0.2, 0.25) is 0 Å². The zero-order chi connectivity index (χ0) is 15.8. The maximum atomic E-state index is 13.2. The number of rotatable bonds is 2. The Kier molecular flexibility index (Phi) is 4.51. The Morgan fingerprint density at radius 3 is 2.62 bits per heavy atom. The van der Waals surface area contributed by atoms with Gasteiger partial charge in [0.25, 0.3) is 0 Å². The van der Waals surface area contributed by atoms with Gasteiger partial charge in [-0.15, -0.1) is 0 Å². The number of ether oxygens (including phenoxy) is 1. The first kappa shape index (κ1) is 16.1. The summed E-state index contributed by atoms with van der Waals surface area (Å²) in [5.41, 5.74) is -0.599. The summed E-state index contributed by atoms with van der Waals surface area (Å²) in [5.74, 6) is -0.836. The van der Waals surface area contributed by atoms with E-state index in [1.165, 1.54) is 13.2 Å². The third-order valence-electron chi connectivity index (χ3n) is 3.72. The Morgan fingerprint density at radius 1 is 1.38 bits per heavy atom. The van der Waals surface area contributed by atoms with E-state index in [4.69, 9.17) is 4.74 Å². The number of anilines is 1. The van der Waals surface area contributed by atoms with E-state index in [2.05, 4.69) is 15.9 Å². The van der Waals surface area contributed by atoms with E-state index in [-0.39, 0.29) is 24.1 Å². The van der Waals surface area contributed by atoms with Crippen molar-refractivity contribution >= 4 is 27.6 Å². The van der Waals surface area contributed by atoms with Gasteiger partial charge in [0.1, 0.15) is 0 Å². The van der Waals surface area contributed by atoms with Crippen molar-refractivity contribution in [2.24, 2.45) is 11.8 Å². The van der Waals surface area contributed by atoms with Crippen LogP contribution < -0.4 is 4.90 Å². The predicted molar refractivity (Wildman–Crippen MR) is 76.0 cm³/mol. The molecular weight excluding hydrogens is 351 g/mol. The molecule has 0 saturated carbocycles. The lowest BCUT2D eigenvalue weighted by molar-refractivity contribution is -0.145. The smallest absolute Gasteiger partial charge is 0.418 e. The summed E-state index contributed by atoms with van der Waals surface area (Å²) in [7, 11) is 1.29. The van der Waals surface area contributed by atoms with E-state index in [1.54, 1.807) is 11.0 Å². The number of esters is 1. The average Bonchev–Trinajstić information content (AvgIpc) is 2.78. The van der Waals surface area contributed by atoms with Crippen molar-refractivity contribution < 1.29 is 22.7 Å². The lowest BCUT2D eigenvalue weighted by Crippen LogP contribution is -2.26. The second-order valence-electron chi connectivity index (χ2n) is 5.17. The van der Waals surface area contributed by atoms with E-state index in [0.717, 1.165) is 6.07 Å². The lowest BCUT2D eigenvalue weighted by atomic mass is 9.99. The topological polar surface area (TPSA) is 29.5 Å². The highest BCUT2D eigenvalue weighted by atomic mass is 79.9. The van der Waals surface area contributed by atoms with Crippen LogP contribution in [-0.2, 0) is 15.7 Å². The molecule has 2 atom stereocenters. The lowest BCUT2D eigenvalue weighted by Gasteiger charge is -2.23. The molecule has 1 heterocycles. The fraction of sp³-hybridized carbons (Fsp3) is 0.500. The SMILES string of the molecule is COC(=O)C1CN(c2ccc(Br)cc2C(F)(F)F)CC1C. The summed E-state index contributed by atoms with van der Waals surface area (Å²) in [6, 6.07) is 4.06. The number of methoxy groups -OCH3 is 1. The van der Waals surface area contributed by atoms with Gasteiger partial charge in [0, 0.05) is 23.2 Å². The van der Waals surface area contributed by atoms with Crippen LogP contribution in [0.5, 0.6) is 0 Å². The van der Waals surface area contributed by atoms with E-state index in [0.29, 0.717) is 11.0 Å². The zero-order valence-electron chi connectivity index (χ0n) is 11.6. The molecule has 0 bridgehead atoms. The number of nitrogens with zero attached hydrogens (tertiary/aromatic N) is 1. The average molecular weight is 366 g/mol. The van der Waals surface area contributed by atoms with Gasteiger partial charge in [-0.05, 0) is 24.1 Å². The normalized spacial score (nSPS) is 22.5. The number of halogens is 4. The van der Waals surface area contributed by atoms with Gasteiger partial charge >= 0.3 is 12.1 Å². The Bertz CT molecular complexity index is 548. The van der Waals surface area contributed by atoms with Crippen molar-refractivity contribution in [3.63, 3.8) is 0 Å². The highest BCUT2D eigenvalue weighted by Crippen LogP contribution is 2.40. The third-order valence-corrected chi connectivity index (χ3v) is 4.21. The minimum atomic E-state index is -4.44. The number of benzene rings is 1. The van der Waals surface area contributed by atoms with Gasteiger partial charge in [0.15, 0.2) is 0 Å². The molecule has 2 rings (SSSR count). The Labute approximate surface area is 129 Å². The molecule has 21 heavy (non-hydrogen) atoms. The van der Waals surface area contributed by atoms with Gasteiger partial charge in [0.05, 0.1) is 18.6 Å². The molecule has 0 radical (unpaired) electrons. The quantitative estimate of drug-likeness (QED) is 0.748. The van der Waals surface area contributed by atoms with Crippen LogP contribution in [0.4, 0.5) is 18.9 Å². The summed E-state index contributed by atoms with van der Waals surface area (Å²) < 4.78 is 44.6. The summed E-state index contributed by atoms with van der Waals surface area (Å²) in [6.45, 7) is 2.47. The second kappa shape index (κ2) is 5.87. The van der Waals surface area contributed by atoms with Gasteiger partial charge in [-0.3, -0.25) is 4.79 Å².